The van der Waals surface area contributed by atoms with Crippen molar-refractivity contribution in [1.29, 1.82) is 0 Å². The number of nitrogen functional groups attached to an aromatic ring is 1. The van der Waals surface area contributed by atoms with Crippen LogP contribution in [0.15, 0.2) is 36.8 Å². The number of anilines is 1. The van der Waals surface area contributed by atoms with Gasteiger partial charge in [-0.05, 0) is 49.8 Å². The van der Waals surface area contributed by atoms with Crippen LogP contribution >= 0.6 is 0 Å². The average molecular weight is 319 g/mol. The number of hydrogen-bond acceptors (Lipinski definition) is 5. The van der Waals surface area contributed by atoms with Crippen LogP contribution in [0, 0.1) is 11.8 Å². The Bertz CT molecular complexity index is 960. The fraction of sp³-hybridized carbons (Fsp3) is 0.278. The van der Waals surface area contributed by atoms with E-state index in [1.165, 1.54) is 0 Å². The molecule has 0 bridgehead atoms. The molecule has 6 nitrogen and oxygen atoms in total. The second-order valence-corrected chi connectivity index (χ2v) is 6.08. The lowest BCUT2D eigenvalue weighted by atomic mass is 10.0. The Morgan fingerprint density at radius 2 is 2.04 bits per heavy atom. The normalized spacial score (nSPS) is 16.0. The predicted octanol–water partition coefficient (Wildman–Crippen LogP) is 2.05. The van der Waals surface area contributed by atoms with E-state index < -0.39 is 5.60 Å². The van der Waals surface area contributed by atoms with Crippen molar-refractivity contribution >= 4 is 16.9 Å². The Morgan fingerprint density at radius 3 is 2.83 bits per heavy atom. The van der Waals surface area contributed by atoms with Crippen molar-refractivity contribution in [2.75, 3.05) is 5.73 Å². The summed E-state index contributed by atoms with van der Waals surface area (Å²) in [6.45, 7) is 0. The second kappa shape index (κ2) is 5.62. The van der Waals surface area contributed by atoms with Gasteiger partial charge in [-0.2, -0.15) is 4.98 Å². The van der Waals surface area contributed by atoms with Gasteiger partial charge in [-0.15, -0.1) is 0 Å². The molecular formula is C18H17N5O. The van der Waals surface area contributed by atoms with Crippen molar-refractivity contribution in [3.05, 3.63) is 42.5 Å². The molecule has 3 aromatic rings. The van der Waals surface area contributed by atoms with Crippen LogP contribution in [0.25, 0.3) is 16.7 Å². The molecule has 0 aliphatic heterocycles. The van der Waals surface area contributed by atoms with E-state index >= 15 is 0 Å². The molecule has 6 heteroatoms. The smallest absolute Gasteiger partial charge is 0.221 e. The van der Waals surface area contributed by atoms with Crippen LogP contribution in [0.1, 0.15) is 31.4 Å². The standard InChI is InChI=1S/C18H17N5O/c19-17-20-9-4-16(22-17)23-10-5-13-12-21-14(11-15(13)23)3-8-18(24)6-1-2-7-18/h4-5,9-12,24H,1-2,6-7H2,(H2,19,20,22). The first-order valence-electron chi connectivity index (χ1n) is 7.95. The van der Waals surface area contributed by atoms with E-state index in [0.717, 1.165) is 36.6 Å². The quantitative estimate of drug-likeness (QED) is 0.670. The van der Waals surface area contributed by atoms with Crippen LogP contribution in [-0.2, 0) is 0 Å². The summed E-state index contributed by atoms with van der Waals surface area (Å²) in [7, 11) is 0. The molecule has 1 saturated carbocycles. The van der Waals surface area contributed by atoms with Crippen molar-refractivity contribution in [3.8, 4) is 17.7 Å². The third-order valence-electron chi connectivity index (χ3n) is 4.33. The van der Waals surface area contributed by atoms with Crippen molar-refractivity contribution in [1.82, 2.24) is 19.5 Å². The third-order valence-corrected chi connectivity index (χ3v) is 4.33. The molecule has 3 aromatic heterocycles. The predicted molar refractivity (Wildman–Crippen MR) is 91.4 cm³/mol. The number of nitrogens with zero attached hydrogens (tertiary/aromatic N) is 4. The molecule has 1 aliphatic rings. The zero-order valence-corrected chi connectivity index (χ0v) is 13.1. The molecule has 1 aliphatic carbocycles. The molecular weight excluding hydrogens is 302 g/mol. The Kier molecular flexibility index (Phi) is 3.44. The monoisotopic (exact) mass is 319 g/mol. The molecule has 0 saturated heterocycles. The van der Waals surface area contributed by atoms with Crippen LogP contribution in [0.4, 0.5) is 5.95 Å². The van der Waals surface area contributed by atoms with E-state index in [-0.39, 0.29) is 5.95 Å². The zero-order chi connectivity index (χ0) is 16.6. The fourth-order valence-corrected chi connectivity index (χ4v) is 3.06. The first-order chi connectivity index (χ1) is 11.6. The summed E-state index contributed by atoms with van der Waals surface area (Å²) in [5.41, 5.74) is 6.38. The number of hydrogen-bond donors (Lipinski definition) is 2. The van der Waals surface area contributed by atoms with Gasteiger partial charge >= 0.3 is 0 Å². The van der Waals surface area contributed by atoms with Gasteiger partial charge in [0.1, 0.15) is 17.1 Å². The van der Waals surface area contributed by atoms with Gasteiger partial charge in [0.25, 0.3) is 0 Å². The lowest BCUT2D eigenvalue weighted by molar-refractivity contribution is 0.110. The molecule has 3 N–H and O–H groups in total. The van der Waals surface area contributed by atoms with E-state index in [4.69, 9.17) is 5.73 Å². The Hall–Kier alpha value is -2.91. The molecule has 0 radical (unpaired) electrons. The molecule has 0 amide bonds. The minimum absolute atomic E-state index is 0.229. The number of aliphatic hydroxyl groups is 1. The van der Waals surface area contributed by atoms with Gasteiger partial charge in [-0.25, -0.2) is 9.97 Å². The fourth-order valence-electron chi connectivity index (χ4n) is 3.06. The molecule has 0 unspecified atom stereocenters. The second-order valence-electron chi connectivity index (χ2n) is 6.08. The number of fused-ring (bicyclic) bond motifs is 1. The van der Waals surface area contributed by atoms with Crippen molar-refractivity contribution in [2.45, 2.75) is 31.3 Å². The first-order valence-corrected chi connectivity index (χ1v) is 7.95. The number of pyridine rings is 1. The molecule has 0 spiro atoms. The van der Waals surface area contributed by atoms with Gasteiger partial charge in [0.2, 0.25) is 5.95 Å². The molecule has 24 heavy (non-hydrogen) atoms. The SMILES string of the molecule is Nc1nccc(-n2ccc3cnc(C#CC4(O)CCCC4)cc32)n1. The number of aromatic nitrogens is 4. The lowest BCUT2D eigenvalue weighted by Crippen LogP contribution is -2.20. The molecule has 3 heterocycles. The summed E-state index contributed by atoms with van der Waals surface area (Å²) in [6, 6.07) is 5.66. The highest BCUT2D eigenvalue weighted by molar-refractivity contribution is 5.81. The maximum absolute atomic E-state index is 10.4. The van der Waals surface area contributed by atoms with E-state index in [9.17, 15) is 5.11 Å². The van der Waals surface area contributed by atoms with Crippen LogP contribution in [0.2, 0.25) is 0 Å². The Morgan fingerprint density at radius 1 is 1.21 bits per heavy atom. The molecule has 4 rings (SSSR count). The highest BCUT2D eigenvalue weighted by Gasteiger charge is 2.28. The minimum atomic E-state index is -0.861. The average Bonchev–Trinajstić information content (AvgIpc) is 3.19. The summed E-state index contributed by atoms with van der Waals surface area (Å²) in [6.07, 6.45) is 8.83. The summed E-state index contributed by atoms with van der Waals surface area (Å²) in [4.78, 5) is 12.5. The first kappa shape index (κ1) is 14.7. The van der Waals surface area contributed by atoms with Crippen molar-refractivity contribution in [2.24, 2.45) is 0 Å². The summed E-state index contributed by atoms with van der Waals surface area (Å²) < 4.78 is 1.92. The Labute approximate surface area is 139 Å². The summed E-state index contributed by atoms with van der Waals surface area (Å²) in [5.74, 6) is 6.93. The van der Waals surface area contributed by atoms with Crippen molar-refractivity contribution in [3.63, 3.8) is 0 Å². The van der Waals surface area contributed by atoms with Gasteiger partial charge in [0, 0.05) is 24.0 Å². The zero-order valence-electron chi connectivity index (χ0n) is 13.1. The van der Waals surface area contributed by atoms with Gasteiger partial charge in [-0.3, -0.25) is 0 Å². The largest absolute Gasteiger partial charge is 0.378 e. The Balaban J connectivity index is 1.75. The van der Waals surface area contributed by atoms with Gasteiger partial charge < -0.3 is 15.4 Å². The lowest BCUT2D eigenvalue weighted by Gasteiger charge is -2.12. The summed E-state index contributed by atoms with van der Waals surface area (Å²) in [5, 5.41) is 11.3. The summed E-state index contributed by atoms with van der Waals surface area (Å²) >= 11 is 0. The van der Waals surface area contributed by atoms with Gasteiger partial charge in [0.15, 0.2) is 0 Å². The van der Waals surface area contributed by atoms with Gasteiger partial charge in [-0.1, -0.05) is 5.92 Å². The van der Waals surface area contributed by atoms with Crippen LogP contribution in [0.5, 0.6) is 0 Å². The van der Waals surface area contributed by atoms with Crippen molar-refractivity contribution < 1.29 is 5.11 Å². The highest BCUT2D eigenvalue weighted by atomic mass is 16.3. The van der Waals surface area contributed by atoms with Crippen LogP contribution in [0.3, 0.4) is 0 Å². The molecule has 120 valence electrons. The molecule has 0 atom stereocenters. The third kappa shape index (κ3) is 2.70. The number of nitrogens with two attached hydrogens (primary N) is 1. The minimum Gasteiger partial charge on any atom is -0.378 e. The van der Waals surface area contributed by atoms with E-state index in [0.29, 0.717) is 11.5 Å². The van der Waals surface area contributed by atoms with Crippen LogP contribution in [-0.4, -0.2) is 30.2 Å². The highest BCUT2D eigenvalue weighted by Crippen LogP contribution is 2.28. The van der Waals surface area contributed by atoms with E-state index in [1.807, 2.05) is 22.9 Å². The van der Waals surface area contributed by atoms with E-state index in [1.54, 1.807) is 18.5 Å². The molecule has 0 aromatic carbocycles. The topological polar surface area (TPSA) is 89.8 Å². The number of rotatable bonds is 1. The van der Waals surface area contributed by atoms with E-state index in [2.05, 4.69) is 26.8 Å². The maximum Gasteiger partial charge on any atom is 0.221 e. The molecule has 1 fully saturated rings. The van der Waals surface area contributed by atoms with Crippen LogP contribution < -0.4 is 5.73 Å². The maximum atomic E-state index is 10.4. The van der Waals surface area contributed by atoms with Gasteiger partial charge in [0.05, 0.1) is 5.52 Å².